The molecule has 4 heteroatoms. The smallest absolute Gasteiger partial charge is 0.258 e. The number of anilines is 1. The van der Waals surface area contributed by atoms with E-state index in [0.717, 1.165) is 5.56 Å². The predicted molar refractivity (Wildman–Crippen MR) is 64.3 cm³/mol. The van der Waals surface area contributed by atoms with E-state index in [4.69, 9.17) is 10.5 Å². The highest BCUT2D eigenvalue weighted by molar-refractivity contribution is 5.77. The van der Waals surface area contributed by atoms with E-state index >= 15 is 0 Å². The Hall–Kier alpha value is -1.97. The van der Waals surface area contributed by atoms with E-state index in [9.17, 15) is 4.79 Å². The van der Waals surface area contributed by atoms with Crippen molar-refractivity contribution in [1.29, 1.82) is 0 Å². The van der Waals surface area contributed by atoms with Crippen LogP contribution in [0.5, 0.6) is 5.75 Å². The predicted octanol–water partition coefficient (Wildman–Crippen LogP) is 1.26. The van der Waals surface area contributed by atoms with Crippen molar-refractivity contribution < 1.29 is 9.53 Å². The molecule has 0 saturated heterocycles. The molecule has 0 fully saturated rings. The summed E-state index contributed by atoms with van der Waals surface area (Å²) in [5, 5.41) is 2.63. The van der Waals surface area contributed by atoms with Crippen molar-refractivity contribution in [3.8, 4) is 5.75 Å². The Balaban J connectivity index is 2.48. The van der Waals surface area contributed by atoms with Crippen molar-refractivity contribution in [1.82, 2.24) is 5.32 Å². The summed E-state index contributed by atoms with van der Waals surface area (Å²) in [5.41, 5.74) is 7.20. The van der Waals surface area contributed by atoms with E-state index < -0.39 is 0 Å². The SMILES string of the molecule is C=CCNC(=O)COc1ccc(N)cc1C. The standard InChI is InChI=1S/C12H16N2O2/c1-3-6-14-12(15)8-16-11-5-4-10(13)7-9(11)2/h3-5,7H,1,6,8,13H2,2H3,(H,14,15). The summed E-state index contributed by atoms with van der Waals surface area (Å²) in [6.45, 7) is 5.83. The maximum absolute atomic E-state index is 11.2. The molecular formula is C12H16N2O2. The number of aryl methyl sites for hydroxylation is 1. The fourth-order valence-electron chi connectivity index (χ4n) is 1.21. The Bertz CT molecular complexity index is 389. The van der Waals surface area contributed by atoms with E-state index in [1.807, 2.05) is 6.92 Å². The minimum absolute atomic E-state index is 0.00139. The van der Waals surface area contributed by atoms with Crippen molar-refractivity contribution in [2.45, 2.75) is 6.92 Å². The van der Waals surface area contributed by atoms with Gasteiger partial charge in [0.15, 0.2) is 6.61 Å². The quantitative estimate of drug-likeness (QED) is 0.580. The molecule has 0 radical (unpaired) electrons. The number of nitrogens with one attached hydrogen (secondary N) is 1. The molecular weight excluding hydrogens is 204 g/mol. The Kier molecular flexibility index (Phi) is 4.39. The second kappa shape index (κ2) is 5.80. The number of carbonyl (C=O) groups excluding carboxylic acids is 1. The van der Waals surface area contributed by atoms with Crippen LogP contribution in [0.2, 0.25) is 0 Å². The molecule has 16 heavy (non-hydrogen) atoms. The molecule has 0 aliphatic heterocycles. The second-order valence-corrected chi connectivity index (χ2v) is 3.41. The van der Waals surface area contributed by atoms with E-state index in [0.29, 0.717) is 18.0 Å². The molecule has 1 amide bonds. The average Bonchev–Trinajstić information content (AvgIpc) is 2.25. The lowest BCUT2D eigenvalue weighted by atomic mass is 10.2. The zero-order chi connectivity index (χ0) is 12.0. The Morgan fingerprint density at radius 2 is 2.38 bits per heavy atom. The van der Waals surface area contributed by atoms with Gasteiger partial charge in [-0.3, -0.25) is 4.79 Å². The van der Waals surface area contributed by atoms with Gasteiger partial charge in [0.25, 0.3) is 5.91 Å². The van der Waals surface area contributed by atoms with Crippen LogP contribution in [-0.4, -0.2) is 19.1 Å². The first-order valence-electron chi connectivity index (χ1n) is 5.00. The third kappa shape index (κ3) is 3.65. The molecule has 0 atom stereocenters. The van der Waals surface area contributed by atoms with Gasteiger partial charge in [0.2, 0.25) is 0 Å². The molecule has 0 aliphatic rings. The average molecular weight is 220 g/mol. The van der Waals surface area contributed by atoms with Crippen LogP contribution in [0.3, 0.4) is 0 Å². The second-order valence-electron chi connectivity index (χ2n) is 3.41. The summed E-state index contributed by atoms with van der Waals surface area (Å²) in [5.74, 6) is 0.499. The van der Waals surface area contributed by atoms with Gasteiger partial charge in [0.1, 0.15) is 5.75 Å². The van der Waals surface area contributed by atoms with Gasteiger partial charge < -0.3 is 15.8 Å². The van der Waals surface area contributed by atoms with Crippen molar-refractivity contribution in [3.05, 3.63) is 36.4 Å². The van der Waals surface area contributed by atoms with Crippen molar-refractivity contribution in [2.75, 3.05) is 18.9 Å². The highest BCUT2D eigenvalue weighted by atomic mass is 16.5. The van der Waals surface area contributed by atoms with Gasteiger partial charge in [-0.1, -0.05) is 6.08 Å². The van der Waals surface area contributed by atoms with Crippen LogP contribution in [0.4, 0.5) is 5.69 Å². The lowest BCUT2D eigenvalue weighted by Gasteiger charge is -2.09. The topological polar surface area (TPSA) is 64.3 Å². The van der Waals surface area contributed by atoms with Gasteiger partial charge in [-0.05, 0) is 30.7 Å². The van der Waals surface area contributed by atoms with E-state index in [-0.39, 0.29) is 12.5 Å². The summed E-state index contributed by atoms with van der Waals surface area (Å²) in [6, 6.07) is 5.30. The molecule has 1 aromatic carbocycles. The highest BCUT2D eigenvalue weighted by Gasteiger charge is 2.03. The van der Waals surface area contributed by atoms with Crippen molar-refractivity contribution >= 4 is 11.6 Å². The molecule has 0 aromatic heterocycles. The third-order valence-corrected chi connectivity index (χ3v) is 2.00. The first-order valence-corrected chi connectivity index (χ1v) is 5.00. The molecule has 0 bridgehead atoms. The number of ether oxygens (including phenoxy) is 1. The van der Waals surface area contributed by atoms with Gasteiger partial charge in [0.05, 0.1) is 0 Å². The Morgan fingerprint density at radius 1 is 1.62 bits per heavy atom. The maximum atomic E-state index is 11.2. The van der Waals surface area contributed by atoms with E-state index in [1.54, 1.807) is 24.3 Å². The first-order chi connectivity index (χ1) is 7.63. The van der Waals surface area contributed by atoms with Crippen LogP contribution in [0, 0.1) is 6.92 Å². The minimum atomic E-state index is -0.170. The Morgan fingerprint density at radius 3 is 3.00 bits per heavy atom. The number of nitrogens with two attached hydrogens (primary N) is 1. The monoisotopic (exact) mass is 220 g/mol. The van der Waals surface area contributed by atoms with E-state index in [2.05, 4.69) is 11.9 Å². The summed E-state index contributed by atoms with van der Waals surface area (Å²) in [4.78, 5) is 11.2. The molecule has 3 N–H and O–H groups in total. The molecule has 0 spiro atoms. The van der Waals surface area contributed by atoms with Gasteiger partial charge >= 0.3 is 0 Å². The number of rotatable bonds is 5. The maximum Gasteiger partial charge on any atom is 0.258 e. The van der Waals surface area contributed by atoms with E-state index in [1.165, 1.54) is 0 Å². The molecule has 86 valence electrons. The zero-order valence-corrected chi connectivity index (χ0v) is 9.32. The Labute approximate surface area is 95.1 Å². The normalized spacial score (nSPS) is 9.56. The van der Waals surface area contributed by atoms with Crippen molar-refractivity contribution in [2.24, 2.45) is 0 Å². The summed E-state index contributed by atoms with van der Waals surface area (Å²) < 4.78 is 5.35. The van der Waals surface area contributed by atoms with Gasteiger partial charge in [-0.2, -0.15) is 0 Å². The lowest BCUT2D eigenvalue weighted by molar-refractivity contribution is -0.122. The van der Waals surface area contributed by atoms with Crippen LogP contribution >= 0.6 is 0 Å². The number of hydrogen-bond acceptors (Lipinski definition) is 3. The largest absolute Gasteiger partial charge is 0.484 e. The number of benzene rings is 1. The fraction of sp³-hybridized carbons (Fsp3) is 0.250. The van der Waals surface area contributed by atoms with Crippen LogP contribution in [0.25, 0.3) is 0 Å². The molecule has 0 heterocycles. The van der Waals surface area contributed by atoms with Crippen LogP contribution in [0.15, 0.2) is 30.9 Å². The van der Waals surface area contributed by atoms with Crippen LogP contribution in [-0.2, 0) is 4.79 Å². The molecule has 0 saturated carbocycles. The first kappa shape index (κ1) is 12.1. The van der Waals surface area contributed by atoms with Gasteiger partial charge in [-0.25, -0.2) is 0 Å². The lowest BCUT2D eigenvalue weighted by Crippen LogP contribution is -2.28. The minimum Gasteiger partial charge on any atom is -0.484 e. The summed E-state index contributed by atoms with van der Waals surface area (Å²) in [7, 11) is 0. The van der Waals surface area contributed by atoms with Crippen molar-refractivity contribution in [3.63, 3.8) is 0 Å². The number of hydrogen-bond donors (Lipinski definition) is 2. The van der Waals surface area contributed by atoms with Crippen LogP contribution in [0.1, 0.15) is 5.56 Å². The molecule has 4 nitrogen and oxygen atoms in total. The zero-order valence-electron chi connectivity index (χ0n) is 9.32. The summed E-state index contributed by atoms with van der Waals surface area (Å²) in [6.07, 6.45) is 1.62. The van der Waals surface area contributed by atoms with Gasteiger partial charge in [-0.15, -0.1) is 6.58 Å². The molecule has 1 rings (SSSR count). The molecule has 1 aromatic rings. The third-order valence-electron chi connectivity index (χ3n) is 2.00. The summed E-state index contributed by atoms with van der Waals surface area (Å²) >= 11 is 0. The fourth-order valence-corrected chi connectivity index (χ4v) is 1.21. The number of carbonyl (C=O) groups is 1. The number of nitrogen functional groups attached to an aromatic ring is 1. The van der Waals surface area contributed by atoms with Crippen LogP contribution < -0.4 is 15.8 Å². The molecule has 0 unspecified atom stereocenters. The molecule has 0 aliphatic carbocycles. The highest BCUT2D eigenvalue weighted by Crippen LogP contribution is 2.19. The van der Waals surface area contributed by atoms with Gasteiger partial charge in [0, 0.05) is 12.2 Å². The number of amides is 1.